The van der Waals surface area contributed by atoms with E-state index in [-0.39, 0.29) is 12.2 Å². The van der Waals surface area contributed by atoms with Crippen LogP contribution in [0, 0.1) is 17.2 Å². The van der Waals surface area contributed by atoms with Crippen molar-refractivity contribution in [1.82, 2.24) is 0 Å². The highest BCUT2D eigenvalue weighted by atomic mass is 32.1. The van der Waals surface area contributed by atoms with Crippen molar-refractivity contribution in [3.05, 3.63) is 29.3 Å². The Hall–Kier alpha value is -2.92. The molecule has 1 unspecified atom stereocenters. The summed E-state index contributed by atoms with van der Waals surface area (Å²) in [5, 5.41) is 11.3. The molecule has 7 nitrogen and oxygen atoms in total. The second-order valence-electron chi connectivity index (χ2n) is 6.45. The van der Waals surface area contributed by atoms with Crippen LogP contribution in [0.15, 0.2) is 33.2 Å². The normalized spacial score (nSPS) is 12.6. The number of thiophene rings is 1. The van der Waals surface area contributed by atoms with Crippen LogP contribution in [0.2, 0.25) is 0 Å². The number of carbonyl (C=O) groups is 2. The number of hydrogen-bond donors (Lipinski definition) is 0. The maximum atomic E-state index is 12.4. The average Bonchev–Trinajstić information content (AvgIpc) is 3.23. The summed E-state index contributed by atoms with van der Waals surface area (Å²) >= 11 is 1.19. The molecule has 0 amide bonds. The number of esters is 2. The predicted octanol–water partition coefficient (Wildman–Crippen LogP) is 4.37. The third-order valence-corrected chi connectivity index (χ3v) is 4.06. The van der Waals surface area contributed by atoms with Gasteiger partial charge in [0.15, 0.2) is 5.92 Å². The SMILES string of the molecule is CCOC(=O)c1c(-c2ccco2)csc1N=CC(C#N)C(=O)OC(C)(C)C. The number of aliphatic imine (C=N–C) groups is 1. The Bertz CT molecular complexity index is 869. The van der Waals surface area contributed by atoms with Crippen molar-refractivity contribution in [1.29, 1.82) is 5.26 Å². The fourth-order valence-corrected chi connectivity index (χ4v) is 3.01. The predicted molar refractivity (Wildman–Crippen MR) is 101 cm³/mol. The molecule has 0 N–H and O–H groups in total. The molecule has 0 aliphatic rings. The largest absolute Gasteiger partial charge is 0.464 e. The zero-order valence-electron chi connectivity index (χ0n) is 15.5. The monoisotopic (exact) mass is 388 g/mol. The van der Waals surface area contributed by atoms with Gasteiger partial charge < -0.3 is 13.9 Å². The lowest BCUT2D eigenvalue weighted by atomic mass is 10.1. The third kappa shape index (κ3) is 5.28. The highest BCUT2D eigenvalue weighted by Gasteiger charge is 2.25. The van der Waals surface area contributed by atoms with Gasteiger partial charge in [-0.15, -0.1) is 11.3 Å². The molecule has 0 fully saturated rings. The topological polar surface area (TPSA) is 102 Å². The van der Waals surface area contributed by atoms with Crippen molar-refractivity contribution in [2.75, 3.05) is 6.61 Å². The van der Waals surface area contributed by atoms with Crippen molar-refractivity contribution < 1.29 is 23.5 Å². The molecular formula is C19H20N2O5S. The summed E-state index contributed by atoms with van der Waals surface area (Å²) in [6.45, 7) is 7.04. The van der Waals surface area contributed by atoms with Crippen LogP contribution in [0.3, 0.4) is 0 Å². The lowest BCUT2D eigenvalue weighted by molar-refractivity contribution is -0.155. The summed E-state index contributed by atoms with van der Waals surface area (Å²) in [4.78, 5) is 28.7. The number of rotatable bonds is 6. The smallest absolute Gasteiger partial charge is 0.341 e. The molecule has 0 spiro atoms. The van der Waals surface area contributed by atoms with E-state index < -0.39 is 23.5 Å². The first-order valence-electron chi connectivity index (χ1n) is 8.26. The van der Waals surface area contributed by atoms with Gasteiger partial charge in [0.2, 0.25) is 0 Å². The van der Waals surface area contributed by atoms with Crippen LogP contribution in [0.4, 0.5) is 5.00 Å². The van der Waals surface area contributed by atoms with Gasteiger partial charge in [0.1, 0.15) is 21.9 Å². The minimum atomic E-state index is -1.19. The first-order chi connectivity index (χ1) is 12.8. The second-order valence-corrected chi connectivity index (χ2v) is 7.30. The fourth-order valence-electron chi connectivity index (χ4n) is 2.11. The summed E-state index contributed by atoms with van der Waals surface area (Å²) in [6, 6.07) is 5.28. The van der Waals surface area contributed by atoms with Gasteiger partial charge in [-0.2, -0.15) is 5.26 Å². The molecule has 0 bridgehead atoms. The summed E-state index contributed by atoms with van der Waals surface area (Å²) in [7, 11) is 0. The van der Waals surface area contributed by atoms with E-state index in [1.807, 2.05) is 6.07 Å². The molecule has 0 saturated heterocycles. The van der Waals surface area contributed by atoms with E-state index in [4.69, 9.17) is 13.9 Å². The maximum absolute atomic E-state index is 12.4. The van der Waals surface area contributed by atoms with Crippen LogP contribution >= 0.6 is 11.3 Å². The Labute approximate surface area is 161 Å². The van der Waals surface area contributed by atoms with Gasteiger partial charge >= 0.3 is 11.9 Å². The number of nitrogens with zero attached hydrogens (tertiary/aromatic N) is 2. The summed E-state index contributed by atoms with van der Waals surface area (Å²) < 4.78 is 15.7. The second kappa shape index (κ2) is 8.64. The highest BCUT2D eigenvalue weighted by Crippen LogP contribution is 2.38. The molecule has 0 radical (unpaired) electrons. The Morgan fingerprint density at radius 2 is 2.19 bits per heavy atom. The van der Waals surface area contributed by atoms with Crippen LogP contribution in [-0.2, 0) is 14.3 Å². The Morgan fingerprint density at radius 3 is 2.74 bits per heavy atom. The molecule has 2 aromatic heterocycles. The average molecular weight is 388 g/mol. The van der Waals surface area contributed by atoms with Crippen molar-refractivity contribution in [2.45, 2.75) is 33.3 Å². The Morgan fingerprint density at radius 1 is 1.44 bits per heavy atom. The first kappa shape index (κ1) is 20.4. The minimum Gasteiger partial charge on any atom is -0.464 e. The van der Waals surface area contributed by atoms with Crippen molar-refractivity contribution in [3.8, 4) is 17.4 Å². The molecule has 8 heteroatoms. The molecule has 1 atom stereocenters. The lowest BCUT2D eigenvalue weighted by Gasteiger charge is -2.20. The van der Waals surface area contributed by atoms with Crippen molar-refractivity contribution in [2.24, 2.45) is 10.9 Å². The number of hydrogen-bond acceptors (Lipinski definition) is 8. The molecule has 2 heterocycles. The van der Waals surface area contributed by atoms with Gasteiger partial charge in [-0.05, 0) is 39.8 Å². The molecule has 2 rings (SSSR count). The molecule has 142 valence electrons. The van der Waals surface area contributed by atoms with Gasteiger partial charge in [0.25, 0.3) is 0 Å². The lowest BCUT2D eigenvalue weighted by Crippen LogP contribution is -2.28. The molecule has 0 aliphatic heterocycles. The molecule has 27 heavy (non-hydrogen) atoms. The Balaban J connectivity index is 2.35. The van der Waals surface area contributed by atoms with Crippen molar-refractivity contribution >= 4 is 34.5 Å². The van der Waals surface area contributed by atoms with Gasteiger partial charge in [-0.1, -0.05) is 0 Å². The van der Waals surface area contributed by atoms with Gasteiger partial charge in [0, 0.05) is 17.2 Å². The van der Waals surface area contributed by atoms with E-state index in [1.165, 1.54) is 23.8 Å². The first-order valence-corrected chi connectivity index (χ1v) is 9.14. The zero-order valence-corrected chi connectivity index (χ0v) is 16.3. The van der Waals surface area contributed by atoms with Crippen LogP contribution in [0.1, 0.15) is 38.1 Å². The molecule has 2 aromatic rings. The Kier molecular flexibility index (Phi) is 6.53. The number of carbonyl (C=O) groups excluding carboxylic acids is 2. The minimum absolute atomic E-state index is 0.203. The van der Waals surface area contributed by atoms with Gasteiger partial charge in [0.05, 0.1) is 18.9 Å². The molecule has 0 aromatic carbocycles. The van der Waals surface area contributed by atoms with Crippen LogP contribution in [0.5, 0.6) is 0 Å². The summed E-state index contributed by atoms with van der Waals surface area (Å²) in [5.41, 5.74) is 0.0567. The van der Waals surface area contributed by atoms with E-state index in [0.29, 0.717) is 16.3 Å². The molecule has 0 aliphatic carbocycles. The van der Waals surface area contributed by atoms with E-state index in [1.54, 1.807) is 45.2 Å². The highest BCUT2D eigenvalue weighted by molar-refractivity contribution is 7.14. The van der Waals surface area contributed by atoms with E-state index in [2.05, 4.69) is 4.99 Å². The standard InChI is InChI=1S/C19H20N2O5S/c1-5-24-18(23)15-13(14-7-6-8-25-14)11-27-16(15)21-10-12(9-20)17(22)26-19(2,3)4/h6-8,10-12H,5H2,1-4H3. The fraction of sp³-hybridized carbons (Fsp3) is 0.368. The number of ether oxygens (including phenoxy) is 2. The maximum Gasteiger partial charge on any atom is 0.341 e. The van der Waals surface area contributed by atoms with Crippen LogP contribution in [-0.4, -0.2) is 30.4 Å². The molecular weight excluding hydrogens is 368 g/mol. The van der Waals surface area contributed by atoms with E-state index >= 15 is 0 Å². The van der Waals surface area contributed by atoms with E-state index in [0.717, 1.165) is 0 Å². The van der Waals surface area contributed by atoms with Crippen LogP contribution in [0.25, 0.3) is 11.3 Å². The van der Waals surface area contributed by atoms with Crippen molar-refractivity contribution in [3.63, 3.8) is 0 Å². The summed E-state index contributed by atoms with van der Waals surface area (Å²) in [6.07, 6.45) is 2.67. The number of furan rings is 1. The van der Waals surface area contributed by atoms with Gasteiger partial charge in [-0.25, -0.2) is 9.79 Å². The zero-order chi connectivity index (χ0) is 20.0. The summed E-state index contributed by atoms with van der Waals surface area (Å²) in [5.74, 6) is -1.94. The quantitative estimate of drug-likeness (QED) is 0.538. The number of nitriles is 1. The van der Waals surface area contributed by atoms with E-state index in [9.17, 15) is 14.9 Å². The molecule has 0 saturated carbocycles. The van der Waals surface area contributed by atoms with Gasteiger partial charge in [-0.3, -0.25) is 4.79 Å². The van der Waals surface area contributed by atoms with Crippen LogP contribution < -0.4 is 0 Å². The third-order valence-electron chi connectivity index (χ3n) is 3.18.